The second kappa shape index (κ2) is 6.11. The van der Waals surface area contributed by atoms with Crippen LogP contribution < -0.4 is 5.32 Å². The Morgan fingerprint density at radius 2 is 2.19 bits per heavy atom. The van der Waals surface area contributed by atoms with Crippen molar-refractivity contribution in [2.45, 2.75) is 45.1 Å². The quantitative estimate of drug-likeness (QED) is 0.546. The summed E-state index contributed by atoms with van der Waals surface area (Å²) in [6.45, 7) is 2.40. The van der Waals surface area contributed by atoms with Gasteiger partial charge in [-0.1, -0.05) is 13.3 Å². The van der Waals surface area contributed by atoms with E-state index in [1.807, 2.05) is 13.0 Å². The molecule has 0 bridgehead atoms. The summed E-state index contributed by atoms with van der Waals surface area (Å²) >= 11 is 0. The number of imide groups is 1. The van der Waals surface area contributed by atoms with Gasteiger partial charge in [-0.05, 0) is 19.3 Å². The average molecular weight is 223 g/mol. The molecular formula is C11H17N3O2. The van der Waals surface area contributed by atoms with Crippen LogP contribution in [-0.4, -0.2) is 29.4 Å². The van der Waals surface area contributed by atoms with E-state index >= 15 is 0 Å². The minimum atomic E-state index is -0.339. The van der Waals surface area contributed by atoms with Crippen LogP contribution in [0.2, 0.25) is 0 Å². The first-order chi connectivity index (χ1) is 7.70. The Morgan fingerprint density at radius 3 is 2.81 bits per heavy atom. The fraction of sp³-hybridized carbons (Fsp3) is 0.727. The van der Waals surface area contributed by atoms with Crippen LogP contribution in [0.15, 0.2) is 0 Å². The van der Waals surface area contributed by atoms with Gasteiger partial charge in [-0.15, -0.1) is 0 Å². The molecule has 5 heteroatoms. The summed E-state index contributed by atoms with van der Waals surface area (Å²) in [5, 5.41) is 11.0. The van der Waals surface area contributed by atoms with E-state index in [2.05, 4.69) is 5.32 Å². The predicted octanol–water partition coefficient (Wildman–Crippen LogP) is 1.40. The lowest BCUT2D eigenvalue weighted by Gasteiger charge is -2.11. The third-order valence-electron chi connectivity index (χ3n) is 2.60. The summed E-state index contributed by atoms with van der Waals surface area (Å²) in [5.41, 5.74) is 0. The van der Waals surface area contributed by atoms with Gasteiger partial charge in [0.15, 0.2) is 0 Å². The number of hydrogen-bond donors (Lipinski definition) is 1. The first-order valence-corrected chi connectivity index (χ1v) is 5.69. The van der Waals surface area contributed by atoms with Crippen LogP contribution in [0, 0.1) is 11.3 Å². The average Bonchev–Trinajstić information content (AvgIpc) is 2.52. The fourth-order valence-electron chi connectivity index (χ4n) is 1.75. The number of amides is 3. The van der Waals surface area contributed by atoms with Gasteiger partial charge in [-0.3, -0.25) is 9.69 Å². The molecule has 1 fully saturated rings. The predicted molar refractivity (Wildman–Crippen MR) is 58.4 cm³/mol. The Morgan fingerprint density at radius 1 is 1.44 bits per heavy atom. The standard InChI is InChI=1S/C11H17N3O2/c1-2-6-9-10(15)14(11(16)13-9)8-5-3-4-7-12/h9H,2-6,8H2,1H3,(H,13,16). The Balaban J connectivity index is 2.39. The molecule has 1 heterocycles. The number of rotatable bonds is 6. The molecule has 16 heavy (non-hydrogen) atoms. The highest BCUT2D eigenvalue weighted by atomic mass is 16.2. The molecule has 1 aliphatic rings. The van der Waals surface area contributed by atoms with Gasteiger partial charge >= 0.3 is 6.03 Å². The number of urea groups is 1. The maximum absolute atomic E-state index is 11.7. The summed E-state index contributed by atoms with van der Waals surface area (Å²) in [5.74, 6) is -0.121. The van der Waals surface area contributed by atoms with E-state index in [9.17, 15) is 9.59 Å². The Bertz CT molecular complexity index is 309. The van der Waals surface area contributed by atoms with Crippen LogP contribution in [0.3, 0.4) is 0 Å². The van der Waals surface area contributed by atoms with Crippen LogP contribution in [0.25, 0.3) is 0 Å². The normalized spacial score (nSPS) is 19.8. The molecule has 3 amide bonds. The maximum atomic E-state index is 11.7. The number of carbonyl (C=O) groups excluding carboxylic acids is 2. The molecule has 0 aliphatic carbocycles. The maximum Gasteiger partial charge on any atom is 0.324 e. The van der Waals surface area contributed by atoms with Crippen molar-refractivity contribution in [1.82, 2.24) is 10.2 Å². The Hall–Kier alpha value is -1.57. The summed E-state index contributed by atoms with van der Waals surface area (Å²) in [6.07, 6.45) is 3.47. The zero-order valence-corrected chi connectivity index (χ0v) is 9.53. The number of nitrogens with zero attached hydrogens (tertiary/aromatic N) is 2. The molecule has 0 saturated carbocycles. The molecule has 88 valence electrons. The SMILES string of the molecule is CCCC1NC(=O)N(CCCCC#N)C1=O. The number of nitrogens with one attached hydrogen (secondary N) is 1. The molecule has 0 spiro atoms. The first-order valence-electron chi connectivity index (χ1n) is 5.69. The minimum Gasteiger partial charge on any atom is -0.326 e. The zero-order chi connectivity index (χ0) is 12.0. The van der Waals surface area contributed by atoms with Crippen molar-refractivity contribution in [3.05, 3.63) is 0 Å². The monoisotopic (exact) mass is 223 g/mol. The molecule has 1 aliphatic heterocycles. The van der Waals surface area contributed by atoms with Gasteiger partial charge in [0.25, 0.3) is 5.91 Å². The topological polar surface area (TPSA) is 73.2 Å². The molecule has 1 N–H and O–H groups in total. The zero-order valence-electron chi connectivity index (χ0n) is 9.53. The number of hydrogen-bond acceptors (Lipinski definition) is 3. The highest BCUT2D eigenvalue weighted by Gasteiger charge is 2.36. The molecule has 5 nitrogen and oxygen atoms in total. The van der Waals surface area contributed by atoms with E-state index in [-0.39, 0.29) is 18.0 Å². The third kappa shape index (κ3) is 2.96. The van der Waals surface area contributed by atoms with Crippen molar-refractivity contribution < 1.29 is 9.59 Å². The lowest BCUT2D eigenvalue weighted by molar-refractivity contribution is -0.127. The second-order valence-corrected chi connectivity index (χ2v) is 3.90. The van der Waals surface area contributed by atoms with E-state index in [0.29, 0.717) is 25.8 Å². The van der Waals surface area contributed by atoms with E-state index < -0.39 is 0 Å². The van der Waals surface area contributed by atoms with E-state index in [0.717, 1.165) is 12.8 Å². The summed E-state index contributed by atoms with van der Waals surface area (Å²) in [7, 11) is 0. The molecule has 0 aromatic rings. The molecule has 1 unspecified atom stereocenters. The minimum absolute atomic E-state index is 0.121. The molecule has 0 radical (unpaired) electrons. The van der Waals surface area contributed by atoms with Crippen LogP contribution in [0.1, 0.15) is 39.0 Å². The number of nitriles is 1. The van der Waals surface area contributed by atoms with Gasteiger partial charge in [-0.2, -0.15) is 5.26 Å². The molecule has 1 rings (SSSR count). The van der Waals surface area contributed by atoms with Gasteiger partial charge < -0.3 is 5.32 Å². The van der Waals surface area contributed by atoms with Crippen molar-refractivity contribution in [3.63, 3.8) is 0 Å². The van der Waals surface area contributed by atoms with E-state index in [4.69, 9.17) is 5.26 Å². The first kappa shape index (κ1) is 12.5. The van der Waals surface area contributed by atoms with Gasteiger partial charge in [-0.25, -0.2) is 4.79 Å². The number of unbranched alkanes of at least 4 members (excludes halogenated alkanes) is 2. The van der Waals surface area contributed by atoms with Gasteiger partial charge in [0.1, 0.15) is 6.04 Å². The molecule has 1 saturated heterocycles. The van der Waals surface area contributed by atoms with Crippen molar-refractivity contribution in [3.8, 4) is 6.07 Å². The van der Waals surface area contributed by atoms with Crippen LogP contribution in [0.4, 0.5) is 4.79 Å². The molecule has 0 aromatic carbocycles. The summed E-state index contributed by atoms with van der Waals surface area (Å²) < 4.78 is 0. The summed E-state index contributed by atoms with van der Waals surface area (Å²) in [4.78, 5) is 24.5. The second-order valence-electron chi connectivity index (χ2n) is 3.90. The molecule has 1 atom stereocenters. The smallest absolute Gasteiger partial charge is 0.324 e. The van der Waals surface area contributed by atoms with Crippen LogP contribution in [-0.2, 0) is 4.79 Å². The lowest BCUT2D eigenvalue weighted by Crippen LogP contribution is -2.32. The van der Waals surface area contributed by atoms with Crippen molar-refractivity contribution in [2.24, 2.45) is 0 Å². The highest BCUT2D eigenvalue weighted by molar-refractivity contribution is 6.04. The number of carbonyl (C=O) groups is 2. The van der Waals surface area contributed by atoms with Gasteiger partial charge in [0.2, 0.25) is 0 Å². The van der Waals surface area contributed by atoms with Gasteiger partial charge in [0, 0.05) is 13.0 Å². The molecular weight excluding hydrogens is 206 g/mol. The Labute approximate surface area is 95.4 Å². The van der Waals surface area contributed by atoms with Gasteiger partial charge in [0.05, 0.1) is 6.07 Å². The van der Waals surface area contributed by atoms with Crippen LogP contribution in [0.5, 0.6) is 0 Å². The highest BCUT2D eigenvalue weighted by Crippen LogP contribution is 2.12. The van der Waals surface area contributed by atoms with Crippen molar-refractivity contribution in [2.75, 3.05) is 6.54 Å². The summed E-state index contributed by atoms with van der Waals surface area (Å²) in [6, 6.07) is 1.41. The molecule has 0 aromatic heterocycles. The van der Waals surface area contributed by atoms with Crippen LogP contribution >= 0.6 is 0 Å². The van der Waals surface area contributed by atoms with E-state index in [1.54, 1.807) is 0 Å². The Kier molecular flexibility index (Phi) is 4.77. The largest absolute Gasteiger partial charge is 0.326 e. The lowest BCUT2D eigenvalue weighted by atomic mass is 10.1. The van der Waals surface area contributed by atoms with Crippen molar-refractivity contribution in [1.29, 1.82) is 5.26 Å². The third-order valence-corrected chi connectivity index (χ3v) is 2.60. The van der Waals surface area contributed by atoms with E-state index in [1.165, 1.54) is 4.90 Å². The van der Waals surface area contributed by atoms with Crippen molar-refractivity contribution >= 4 is 11.9 Å². The fourth-order valence-corrected chi connectivity index (χ4v) is 1.75.